The van der Waals surface area contributed by atoms with Gasteiger partial charge in [0.15, 0.2) is 5.76 Å². The van der Waals surface area contributed by atoms with Crippen LogP contribution in [0, 0.1) is 0 Å². The van der Waals surface area contributed by atoms with Crippen LogP contribution in [0.4, 0.5) is 4.79 Å². The Labute approximate surface area is 204 Å². The van der Waals surface area contributed by atoms with Crippen LogP contribution < -0.4 is 14.8 Å². The molecule has 0 aliphatic rings. The van der Waals surface area contributed by atoms with E-state index in [4.69, 9.17) is 23.4 Å². The highest BCUT2D eigenvalue weighted by Gasteiger charge is 2.19. The number of methoxy groups -OCH3 is 2. The predicted octanol–water partition coefficient (Wildman–Crippen LogP) is 4.64. The molecular weight excluding hydrogens is 452 g/mol. The van der Waals surface area contributed by atoms with Gasteiger partial charge in [-0.15, -0.1) is 0 Å². The summed E-state index contributed by atoms with van der Waals surface area (Å²) in [7, 11) is 2.92. The first kappa shape index (κ1) is 25.6. The van der Waals surface area contributed by atoms with Crippen LogP contribution in [0.3, 0.4) is 0 Å². The molecular formula is C26H30N2O7. The molecule has 0 saturated heterocycles. The topological polar surface area (TPSA) is 109 Å². The molecule has 0 radical (unpaired) electrons. The largest absolute Gasteiger partial charge is 0.497 e. The Balaban J connectivity index is 1.72. The standard InChI is InChI=1S/C26H30N2O7/c1-26(2,3)35-25(30)27-14-15-33-20-12-8-18(9-13-20)24-23(17-6-10-19(31-4)11-7-17)28-21(34-24)16-22(29)32-5/h6-13H,14-16H2,1-5H3,(H,27,30). The Morgan fingerprint density at radius 3 is 2.17 bits per heavy atom. The van der Waals surface area contributed by atoms with Crippen LogP contribution in [0.15, 0.2) is 52.9 Å². The van der Waals surface area contributed by atoms with Crippen molar-refractivity contribution in [1.82, 2.24) is 10.3 Å². The van der Waals surface area contributed by atoms with Crippen molar-refractivity contribution in [2.24, 2.45) is 0 Å². The van der Waals surface area contributed by atoms with Crippen molar-refractivity contribution < 1.29 is 33.0 Å². The molecule has 9 nitrogen and oxygen atoms in total. The molecule has 3 rings (SSSR count). The maximum Gasteiger partial charge on any atom is 0.407 e. The smallest absolute Gasteiger partial charge is 0.407 e. The van der Waals surface area contributed by atoms with Gasteiger partial charge < -0.3 is 28.7 Å². The van der Waals surface area contributed by atoms with Gasteiger partial charge in [-0.05, 0) is 69.3 Å². The van der Waals surface area contributed by atoms with Gasteiger partial charge in [-0.25, -0.2) is 9.78 Å². The van der Waals surface area contributed by atoms with Crippen molar-refractivity contribution in [2.45, 2.75) is 32.8 Å². The number of hydrogen-bond acceptors (Lipinski definition) is 8. The molecule has 0 aliphatic carbocycles. The van der Waals surface area contributed by atoms with E-state index in [9.17, 15) is 9.59 Å². The second-order valence-corrected chi connectivity index (χ2v) is 8.57. The van der Waals surface area contributed by atoms with Crippen LogP contribution in [-0.4, -0.2) is 50.0 Å². The predicted molar refractivity (Wildman–Crippen MR) is 129 cm³/mol. The molecule has 2 aromatic carbocycles. The highest BCUT2D eigenvalue weighted by Crippen LogP contribution is 2.34. The average molecular weight is 483 g/mol. The lowest BCUT2D eigenvalue weighted by molar-refractivity contribution is -0.140. The number of nitrogens with one attached hydrogen (secondary N) is 1. The van der Waals surface area contributed by atoms with E-state index in [0.717, 1.165) is 16.9 Å². The fourth-order valence-corrected chi connectivity index (χ4v) is 3.11. The molecule has 9 heteroatoms. The zero-order valence-corrected chi connectivity index (χ0v) is 20.5. The zero-order valence-electron chi connectivity index (χ0n) is 20.5. The molecule has 0 unspecified atom stereocenters. The number of carbonyl (C=O) groups excluding carboxylic acids is 2. The molecule has 1 aromatic heterocycles. The Morgan fingerprint density at radius 2 is 1.57 bits per heavy atom. The van der Waals surface area contributed by atoms with Gasteiger partial charge in [0.2, 0.25) is 5.89 Å². The Bertz CT molecular complexity index is 1130. The van der Waals surface area contributed by atoms with Crippen molar-refractivity contribution in [2.75, 3.05) is 27.4 Å². The van der Waals surface area contributed by atoms with Gasteiger partial charge in [0.25, 0.3) is 0 Å². The van der Waals surface area contributed by atoms with Crippen LogP contribution in [0.1, 0.15) is 26.7 Å². The molecule has 0 spiro atoms. The third-order valence-corrected chi connectivity index (χ3v) is 4.71. The summed E-state index contributed by atoms with van der Waals surface area (Å²) in [5.41, 5.74) is 1.62. The molecule has 1 amide bonds. The van der Waals surface area contributed by atoms with Gasteiger partial charge >= 0.3 is 12.1 Å². The molecule has 35 heavy (non-hydrogen) atoms. The van der Waals surface area contributed by atoms with E-state index < -0.39 is 17.7 Å². The number of hydrogen-bond donors (Lipinski definition) is 1. The summed E-state index contributed by atoms with van der Waals surface area (Å²) < 4.78 is 26.8. The molecule has 0 saturated carbocycles. The molecule has 0 bridgehead atoms. The first-order chi connectivity index (χ1) is 16.7. The van der Waals surface area contributed by atoms with Gasteiger partial charge in [0.1, 0.15) is 35.8 Å². The monoisotopic (exact) mass is 482 g/mol. The maximum atomic E-state index is 11.7. The third kappa shape index (κ3) is 7.49. The third-order valence-electron chi connectivity index (χ3n) is 4.71. The van der Waals surface area contributed by atoms with Crippen LogP contribution >= 0.6 is 0 Å². The van der Waals surface area contributed by atoms with Gasteiger partial charge in [0, 0.05) is 11.1 Å². The van der Waals surface area contributed by atoms with E-state index in [1.807, 2.05) is 36.4 Å². The van der Waals surface area contributed by atoms with E-state index in [1.165, 1.54) is 7.11 Å². The summed E-state index contributed by atoms with van der Waals surface area (Å²) in [6, 6.07) is 14.7. The minimum Gasteiger partial charge on any atom is -0.497 e. The Kier molecular flexibility index (Phi) is 8.35. The van der Waals surface area contributed by atoms with E-state index in [2.05, 4.69) is 10.3 Å². The van der Waals surface area contributed by atoms with Crippen LogP contribution in [-0.2, 0) is 20.7 Å². The number of alkyl carbamates (subject to hydrolysis) is 1. The van der Waals surface area contributed by atoms with E-state index in [1.54, 1.807) is 40.0 Å². The number of rotatable bonds is 9. The molecule has 0 fully saturated rings. The molecule has 1 N–H and O–H groups in total. The minimum absolute atomic E-state index is 0.0779. The van der Waals surface area contributed by atoms with E-state index in [0.29, 0.717) is 23.7 Å². The first-order valence-corrected chi connectivity index (χ1v) is 11.1. The van der Waals surface area contributed by atoms with Gasteiger partial charge in [-0.3, -0.25) is 4.79 Å². The fourth-order valence-electron chi connectivity index (χ4n) is 3.11. The summed E-state index contributed by atoms with van der Waals surface area (Å²) in [5.74, 6) is 1.68. The van der Waals surface area contributed by atoms with E-state index >= 15 is 0 Å². The number of carbonyl (C=O) groups is 2. The van der Waals surface area contributed by atoms with Crippen LogP contribution in [0.5, 0.6) is 11.5 Å². The van der Waals surface area contributed by atoms with Crippen molar-refractivity contribution in [3.63, 3.8) is 0 Å². The number of oxazole rings is 1. The highest BCUT2D eigenvalue weighted by molar-refractivity contribution is 5.78. The quantitative estimate of drug-likeness (QED) is 0.347. The summed E-state index contributed by atoms with van der Waals surface area (Å²) in [4.78, 5) is 28.0. The zero-order chi connectivity index (χ0) is 25.4. The molecule has 0 atom stereocenters. The SMILES string of the molecule is COC(=O)Cc1nc(-c2ccc(OC)cc2)c(-c2ccc(OCCNC(=O)OC(C)(C)C)cc2)o1. The summed E-state index contributed by atoms with van der Waals surface area (Å²) >= 11 is 0. The number of esters is 1. The van der Waals surface area contributed by atoms with Gasteiger partial charge in [-0.2, -0.15) is 0 Å². The minimum atomic E-state index is -0.553. The molecule has 3 aromatic rings. The number of aromatic nitrogens is 1. The number of nitrogens with zero attached hydrogens (tertiary/aromatic N) is 1. The number of benzene rings is 2. The molecule has 0 aliphatic heterocycles. The summed E-state index contributed by atoms with van der Waals surface area (Å²) in [5, 5.41) is 2.65. The van der Waals surface area contributed by atoms with Gasteiger partial charge in [0.05, 0.1) is 20.8 Å². The lowest BCUT2D eigenvalue weighted by atomic mass is 10.1. The van der Waals surface area contributed by atoms with Crippen molar-refractivity contribution >= 4 is 12.1 Å². The lowest BCUT2D eigenvalue weighted by Gasteiger charge is -2.19. The van der Waals surface area contributed by atoms with Crippen LogP contribution in [0.25, 0.3) is 22.6 Å². The summed E-state index contributed by atoms with van der Waals surface area (Å²) in [6.07, 6.45) is -0.568. The Hall–Kier alpha value is -4.01. The van der Waals surface area contributed by atoms with Crippen molar-refractivity contribution in [3.8, 4) is 34.1 Å². The fraction of sp³-hybridized carbons (Fsp3) is 0.346. The molecule has 186 valence electrons. The number of ether oxygens (including phenoxy) is 4. The lowest BCUT2D eigenvalue weighted by Crippen LogP contribution is -2.34. The summed E-state index contributed by atoms with van der Waals surface area (Å²) in [6.45, 7) is 5.99. The van der Waals surface area contributed by atoms with Gasteiger partial charge in [-0.1, -0.05) is 0 Å². The second kappa shape index (κ2) is 11.4. The normalized spacial score (nSPS) is 11.0. The number of amides is 1. The average Bonchev–Trinajstić information content (AvgIpc) is 3.24. The molecule has 1 heterocycles. The van der Waals surface area contributed by atoms with Crippen LogP contribution in [0.2, 0.25) is 0 Å². The van der Waals surface area contributed by atoms with E-state index in [-0.39, 0.29) is 18.9 Å². The Morgan fingerprint density at radius 1 is 0.943 bits per heavy atom. The highest BCUT2D eigenvalue weighted by atomic mass is 16.6. The first-order valence-electron chi connectivity index (χ1n) is 11.1. The maximum absolute atomic E-state index is 11.7. The van der Waals surface area contributed by atoms with Crippen molar-refractivity contribution in [1.29, 1.82) is 0 Å². The second-order valence-electron chi connectivity index (χ2n) is 8.57. The van der Waals surface area contributed by atoms with Crippen molar-refractivity contribution in [3.05, 3.63) is 54.4 Å².